The fraction of sp³-hybridized carbons (Fsp3) is 0.438. The minimum Gasteiger partial charge on any atom is -0.459 e. The van der Waals surface area contributed by atoms with Crippen LogP contribution in [0, 0.1) is 12.8 Å². The molecule has 114 valence electrons. The molecule has 0 spiro atoms. The van der Waals surface area contributed by atoms with Gasteiger partial charge in [0.05, 0.1) is 13.1 Å². The highest BCUT2D eigenvalue weighted by atomic mass is 35.5. The van der Waals surface area contributed by atoms with E-state index >= 15 is 0 Å². The lowest BCUT2D eigenvalue weighted by Crippen LogP contribution is -2.34. The van der Waals surface area contributed by atoms with E-state index in [0.717, 1.165) is 34.8 Å². The summed E-state index contributed by atoms with van der Waals surface area (Å²) in [7, 11) is 0. The lowest BCUT2D eigenvalue weighted by molar-refractivity contribution is -0.120. The number of rotatable bonds is 6. The number of fused-ring (bicyclic) bond motifs is 1. The van der Waals surface area contributed by atoms with Crippen LogP contribution in [0.5, 0.6) is 0 Å². The van der Waals surface area contributed by atoms with Crippen molar-refractivity contribution in [2.24, 2.45) is 5.92 Å². The van der Waals surface area contributed by atoms with E-state index < -0.39 is 0 Å². The molecule has 1 aliphatic carbocycles. The van der Waals surface area contributed by atoms with Gasteiger partial charge < -0.3 is 15.1 Å². The largest absolute Gasteiger partial charge is 0.459 e. The molecule has 0 aliphatic heterocycles. The summed E-state index contributed by atoms with van der Waals surface area (Å²) in [5.41, 5.74) is 1.98. The van der Waals surface area contributed by atoms with E-state index in [4.69, 9.17) is 4.42 Å². The molecular formula is C16H21ClN2O2. The van der Waals surface area contributed by atoms with Crippen LogP contribution in [-0.2, 0) is 11.3 Å². The number of para-hydroxylation sites is 1. The van der Waals surface area contributed by atoms with Gasteiger partial charge in [0.25, 0.3) is 0 Å². The summed E-state index contributed by atoms with van der Waals surface area (Å²) in [6.07, 6.45) is 2.60. The summed E-state index contributed by atoms with van der Waals surface area (Å²) in [5.74, 6) is 1.65. The molecule has 0 bridgehead atoms. The standard InChI is InChI=1S/C16H20N2O2.ClH/c1-11-13-4-2-3-5-14(13)20-15(11)9-18-16(19)10-17-8-12-6-7-12;/h2-5,12,17H,6-10H2,1H3,(H,18,19);1H. The Hall–Kier alpha value is -1.52. The normalized spacial score (nSPS) is 14.0. The number of furan rings is 1. The highest BCUT2D eigenvalue weighted by molar-refractivity contribution is 5.85. The lowest BCUT2D eigenvalue weighted by Gasteiger charge is -2.05. The monoisotopic (exact) mass is 308 g/mol. The smallest absolute Gasteiger partial charge is 0.234 e. The van der Waals surface area contributed by atoms with E-state index in [2.05, 4.69) is 10.6 Å². The van der Waals surface area contributed by atoms with Gasteiger partial charge in [0.2, 0.25) is 5.91 Å². The Kier molecular flexibility index (Phi) is 5.26. The molecule has 1 aliphatic rings. The fourth-order valence-electron chi connectivity index (χ4n) is 2.35. The average molecular weight is 309 g/mol. The highest BCUT2D eigenvalue weighted by Crippen LogP contribution is 2.27. The minimum absolute atomic E-state index is 0. The van der Waals surface area contributed by atoms with E-state index in [1.807, 2.05) is 31.2 Å². The third kappa shape index (κ3) is 3.99. The molecule has 3 rings (SSSR count). The lowest BCUT2D eigenvalue weighted by atomic mass is 10.1. The Morgan fingerprint density at radius 2 is 2.10 bits per heavy atom. The molecule has 0 atom stereocenters. The second kappa shape index (κ2) is 6.96. The van der Waals surface area contributed by atoms with Crippen molar-refractivity contribution >= 4 is 29.3 Å². The summed E-state index contributed by atoms with van der Waals surface area (Å²) >= 11 is 0. The van der Waals surface area contributed by atoms with Crippen LogP contribution in [0.3, 0.4) is 0 Å². The van der Waals surface area contributed by atoms with E-state index in [0.29, 0.717) is 13.1 Å². The van der Waals surface area contributed by atoms with Crippen LogP contribution in [0.25, 0.3) is 11.0 Å². The van der Waals surface area contributed by atoms with Crippen LogP contribution < -0.4 is 10.6 Å². The second-order valence-electron chi connectivity index (χ2n) is 5.50. The topological polar surface area (TPSA) is 54.3 Å². The van der Waals surface area contributed by atoms with Crippen molar-refractivity contribution in [3.8, 4) is 0 Å². The number of halogens is 1. The van der Waals surface area contributed by atoms with Gasteiger partial charge in [0.1, 0.15) is 11.3 Å². The number of nitrogens with one attached hydrogen (secondary N) is 2. The van der Waals surface area contributed by atoms with E-state index in [-0.39, 0.29) is 18.3 Å². The van der Waals surface area contributed by atoms with E-state index in [1.165, 1.54) is 12.8 Å². The molecule has 1 aromatic carbocycles. The molecule has 0 saturated heterocycles. The third-order valence-corrected chi connectivity index (χ3v) is 3.80. The summed E-state index contributed by atoms with van der Waals surface area (Å²) in [5, 5.41) is 7.20. The van der Waals surface area contributed by atoms with Gasteiger partial charge in [-0.05, 0) is 38.3 Å². The predicted molar refractivity (Wildman–Crippen MR) is 85.6 cm³/mol. The van der Waals surface area contributed by atoms with Gasteiger partial charge in [-0.3, -0.25) is 4.79 Å². The maximum Gasteiger partial charge on any atom is 0.234 e. The maximum atomic E-state index is 11.7. The molecule has 2 N–H and O–H groups in total. The van der Waals surface area contributed by atoms with Crippen LogP contribution in [-0.4, -0.2) is 19.0 Å². The Labute approximate surface area is 130 Å². The molecule has 2 aromatic rings. The van der Waals surface area contributed by atoms with Gasteiger partial charge in [-0.2, -0.15) is 0 Å². The average Bonchev–Trinajstić information content (AvgIpc) is 3.22. The van der Waals surface area contributed by atoms with Crippen molar-refractivity contribution in [2.45, 2.75) is 26.3 Å². The van der Waals surface area contributed by atoms with Crippen LogP contribution in [0.2, 0.25) is 0 Å². The van der Waals surface area contributed by atoms with Crippen molar-refractivity contribution in [1.29, 1.82) is 0 Å². The van der Waals surface area contributed by atoms with Gasteiger partial charge >= 0.3 is 0 Å². The van der Waals surface area contributed by atoms with Crippen LogP contribution in [0.15, 0.2) is 28.7 Å². The Bertz CT molecular complexity index is 620. The molecular weight excluding hydrogens is 288 g/mol. The van der Waals surface area contributed by atoms with Gasteiger partial charge in [-0.15, -0.1) is 12.4 Å². The molecule has 0 unspecified atom stereocenters. The summed E-state index contributed by atoms with van der Waals surface area (Å²) in [4.78, 5) is 11.7. The maximum absolute atomic E-state index is 11.7. The van der Waals surface area contributed by atoms with Crippen molar-refractivity contribution in [1.82, 2.24) is 10.6 Å². The van der Waals surface area contributed by atoms with Crippen LogP contribution >= 0.6 is 12.4 Å². The number of carbonyl (C=O) groups is 1. The predicted octanol–water partition coefficient (Wildman–Crippen LogP) is 2.78. The molecule has 1 fully saturated rings. The second-order valence-corrected chi connectivity index (χ2v) is 5.50. The van der Waals surface area contributed by atoms with Gasteiger partial charge in [-0.1, -0.05) is 18.2 Å². The number of carbonyl (C=O) groups excluding carboxylic acids is 1. The number of benzene rings is 1. The molecule has 1 saturated carbocycles. The molecule has 1 aromatic heterocycles. The first-order valence-corrected chi connectivity index (χ1v) is 7.18. The first kappa shape index (κ1) is 15.9. The van der Waals surface area contributed by atoms with Crippen molar-refractivity contribution in [2.75, 3.05) is 13.1 Å². The summed E-state index contributed by atoms with van der Waals surface area (Å²) < 4.78 is 5.77. The van der Waals surface area contributed by atoms with E-state index in [9.17, 15) is 4.79 Å². The van der Waals surface area contributed by atoms with E-state index in [1.54, 1.807) is 0 Å². The first-order valence-electron chi connectivity index (χ1n) is 7.18. The van der Waals surface area contributed by atoms with Gasteiger partial charge in [-0.25, -0.2) is 0 Å². The van der Waals surface area contributed by atoms with Crippen LogP contribution in [0.1, 0.15) is 24.2 Å². The molecule has 4 nitrogen and oxygen atoms in total. The van der Waals surface area contributed by atoms with Crippen molar-refractivity contribution < 1.29 is 9.21 Å². The molecule has 21 heavy (non-hydrogen) atoms. The van der Waals surface area contributed by atoms with Crippen LogP contribution in [0.4, 0.5) is 0 Å². The SMILES string of the molecule is Cc1c(CNC(=O)CNCC2CC2)oc2ccccc12.Cl. The fourth-order valence-corrected chi connectivity index (χ4v) is 2.35. The molecule has 0 radical (unpaired) electrons. The Morgan fingerprint density at radius 1 is 1.33 bits per heavy atom. The van der Waals surface area contributed by atoms with Gasteiger partial charge in [0.15, 0.2) is 0 Å². The van der Waals surface area contributed by atoms with Crippen molar-refractivity contribution in [3.05, 3.63) is 35.6 Å². The number of amides is 1. The zero-order valence-corrected chi connectivity index (χ0v) is 13.0. The third-order valence-electron chi connectivity index (χ3n) is 3.80. The van der Waals surface area contributed by atoms with Gasteiger partial charge in [0, 0.05) is 10.9 Å². The Morgan fingerprint density at radius 3 is 2.81 bits per heavy atom. The summed E-state index contributed by atoms with van der Waals surface area (Å²) in [6.45, 7) is 3.82. The quantitative estimate of drug-likeness (QED) is 0.863. The number of hydrogen-bond donors (Lipinski definition) is 2. The molecule has 5 heteroatoms. The van der Waals surface area contributed by atoms with Crippen molar-refractivity contribution in [3.63, 3.8) is 0 Å². The number of aryl methyl sites for hydroxylation is 1. The zero-order chi connectivity index (χ0) is 13.9. The first-order chi connectivity index (χ1) is 9.74. The number of hydrogen-bond acceptors (Lipinski definition) is 3. The summed E-state index contributed by atoms with van der Waals surface area (Å²) in [6, 6.07) is 7.94. The zero-order valence-electron chi connectivity index (χ0n) is 12.1. The Balaban J connectivity index is 0.00000161. The molecule has 1 heterocycles. The highest BCUT2D eigenvalue weighted by Gasteiger charge is 2.20. The molecule has 1 amide bonds. The minimum atomic E-state index is 0.